The van der Waals surface area contributed by atoms with Gasteiger partial charge >= 0.3 is 5.97 Å². The van der Waals surface area contributed by atoms with Crippen LogP contribution < -0.4 is 20.4 Å². The van der Waals surface area contributed by atoms with E-state index in [-0.39, 0.29) is 41.1 Å². The van der Waals surface area contributed by atoms with Crippen molar-refractivity contribution >= 4 is 39.3 Å². The number of aromatic carboxylic acids is 1. The number of para-hydroxylation sites is 1. The molecule has 9 nitrogen and oxygen atoms in total. The number of hydrogen-bond donors (Lipinski definition) is 2. The lowest BCUT2D eigenvalue weighted by Gasteiger charge is -2.31. The largest absolute Gasteiger partial charge is 0.487 e. The Bertz CT molecular complexity index is 1560. The minimum absolute atomic E-state index is 0.00836. The Kier molecular flexibility index (Phi) is 4.84. The van der Waals surface area contributed by atoms with Gasteiger partial charge in [0.2, 0.25) is 5.43 Å². The summed E-state index contributed by atoms with van der Waals surface area (Å²) in [6, 6.07) is 8.67. The van der Waals surface area contributed by atoms with Gasteiger partial charge in [0.15, 0.2) is 11.6 Å². The summed E-state index contributed by atoms with van der Waals surface area (Å²) < 4.78 is 23.2. The Hall–Kier alpha value is -4.21. The van der Waals surface area contributed by atoms with E-state index in [0.29, 0.717) is 18.6 Å². The van der Waals surface area contributed by atoms with Crippen molar-refractivity contribution in [3.8, 4) is 5.75 Å². The molecule has 2 N–H and O–H groups in total. The third kappa shape index (κ3) is 3.36. The quantitative estimate of drug-likeness (QED) is 0.462. The maximum Gasteiger partial charge on any atom is 0.341 e. The number of aromatic nitrogens is 3. The minimum Gasteiger partial charge on any atom is -0.487 e. The number of hydrogen-bond acceptors (Lipinski definition) is 7. The molecule has 0 radical (unpaired) electrons. The van der Waals surface area contributed by atoms with Crippen LogP contribution in [0.4, 0.5) is 15.9 Å². The molecule has 2 aromatic heterocycles. The van der Waals surface area contributed by atoms with Crippen LogP contribution in [-0.4, -0.2) is 51.3 Å². The molecule has 4 heterocycles. The third-order valence-electron chi connectivity index (χ3n) is 6.76. The molecule has 2 aromatic carbocycles. The predicted molar refractivity (Wildman–Crippen MR) is 129 cm³/mol. The van der Waals surface area contributed by atoms with Gasteiger partial charge < -0.3 is 24.6 Å². The van der Waals surface area contributed by atoms with E-state index in [4.69, 9.17) is 4.74 Å². The van der Waals surface area contributed by atoms with Crippen LogP contribution in [0.1, 0.15) is 29.7 Å². The van der Waals surface area contributed by atoms with E-state index >= 15 is 4.39 Å². The van der Waals surface area contributed by atoms with Gasteiger partial charge in [0.25, 0.3) is 0 Å². The van der Waals surface area contributed by atoms with Gasteiger partial charge in [0.1, 0.15) is 30.0 Å². The van der Waals surface area contributed by atoms with Crippen LogP contribution in [0.2, 0.25) is 0 Å². The number of nitrogens with zero attached hydrogens (tertiary/aromatic N) is 4. The highest BCUT2D eigenvalue weighted by Crippen LogP contribution is 2.43. The molecule has 0 amide bonds. The fourth-order valence-corrected chi connectivity index (χ4v) is 5.05. The highest BCUT2D eigenvalue weighted by Gasteiger charge is 2.33. The van der Waals surface area contributed by atoms with Crippen LogP contribution in [0.3, 0.4) is 0 Å². The molecule has 1 fully saturated rings. The third-order valence-corrected chi connectivity index (χ3v) is 6.76. The average molecular weight is 475 g/mol. The average Bonchev–Trinajstić information content (AvgIpc) is 3.30. The second-order valence-electron chi connectivity index (χ2n) is 8.99. The Morgan fingerprint density at radius 2 is 2.09 bits per heavy atom. The maximum atomic E-state index is 15.5. The van der Waals surface area contributed by atoms with E-state index in [0.717, 1.165) is 29.2 Å². The molecular weight excluding hydrogens is 453 g/mol. The molecule has 1 saturated heterocycles. The number of carboxylic acid groups (broad SMARTS) is 1. The van der Waals surface area contributed by atoms with Crippen molar-refractivity contribution in [3.63, 3.8) is 0 Å². The topological polar surface area (TPSA) is 110 Å². The Balaban J connectivity index is 1.39. The van der Waals surface area contributed by atoms with Gasteiger partial charge in [-0.25, -0.2) is 19.2 Å². The molecule has 178 valence electrons. The first kappa shape index (κ1) is 21.3. The first-order chi connectivity index (χ1) is 16.9. The number of carbonyl (C=O) groups is 1. The van der Waals surface area contributed by atoms with Crippen molar-refractivity contribution in [1.29, 1.82) is 0 Å². The molecule has 0 aliphatic carbocycles. The summed E-state index contributed by atoms with van der Waals surface area (Å²) in [6.45, 7) is 3.18. The first-order valence-electron chi connectivity index (χ1n) is 11.4. The predicted octanol–water partition coefficient (Wildman–Crippen LogP) is 3.43. The van der Waals surface area contributed by atoms with E-state index in [2.05, 4.69) is 15.3 Å². The Labute approximate surface area is 198 Å². The molecule has 4 aromatic rings. The molecule has 2 aliphatic rings. The van der Waals surface area contributed by atoms with Crippen molar-refractivity contribution < 1.29 is 19.0 Å². The van der Waals surface area contributed by atoms with E-state index in [1.54, 1.807) is 4.57 Å². The molecule has 2 aliphatic heterocycles. The van der Waals surface area contributed by atoms with E-state index in [9.17, 15) is 14.7 Å². The monoisotopic (exact) mass is 475 g/mol. The molecule has 10 heteroatoms. The second-order valence-corrected chi connectivity index (χ2v) is 8.99. The van der Waals surface area contributed by atoms with Crippen molar-refractivity contribution in [2.75, 3.05) is 29.9 Å². The van der Waals surface area contributed by atoms with Gasteiger partial charge in [-0.05, 0) is 31.5 Å². The highest BCUT2D eigenvalue weighted by atomic mass is 19.1. The smallest absolute Gasteiger partial charge is 0.341 e. The summed E-state index contributed by atoms with van der Waals surface area (Å²) in [5.74, 6) is -0.944. The minimum atomic E-state index is -1.34. The number of carboxylic acids is 1. The molecule has 6 rings (SSSR count). The molecule has 35 heavy (non-hydrogen) atoms. The second kappa shape index (κ2) is 7.93. The zero-order valence-electron chi connectivity index (χ0n) is 18.9. The summed E-state index contributed by atoms with van der Waals surface area (Å²) in [5, 5.41) is 13.9. The number of nitrogens with one attached hydrogen (secondary N) is 1. The summed E-state index contributed by atoms with van der Waals surface area (Å²) >= 11 is 0. The molecule has 0 unspecified atom stereocenters. The zero-order chi connectivity index (χ0) is 24.3. The number of halogens is 1. The van der Waals surface area contributed by atoms with E-state index in [1.807, 2.05) is 36.1 Å². The highest BCUT2D eigenvalue weighted by molar-refractivity contribution is 5.97. The standard InChI is InChI=1S/C25H22FN5O4/c1-13-11-35-23-20-16(22(32)17(25(33)34)10-31(13)20)8-18(26)21(23)30-7-6-14(9-30)29-24-15-4-2-3-5-19(15)27-12-28-24/h2-5,8,10,12-14H,6-7,9,11H2,1H3,(H,33,34)(H,27,28,29)/t13-,14-/m0/s1. The summed E-state index contributed by atoms with van der Waals surface area (Å²) in [5.41, 5.74) is 0.452. The van der Waals surface area contributed by atoms with Gasteiger partial charge in [-0.2, -0.15) is 0 Å². The number of fused-ring (bicyclic) bond motifs is 1. The Morgan fingerprint density at radius 1 is 1.26 bits per heavy atom. The Morgan fingerprint density at radius 3 is 2.91 bits per heavy atom. The zero-order valence-corrected chi connectivity index (χ0v) is 18.9. The van der Waals surface area contributed by atoms with Crippen molar-refractivity contribution in [2.24, 2.45) is 0 Å². The van der Waals surface area contributed by atoms with Crippen LogP contribution in [0, 0.1) is 5.82 Å². The number of anilines is 2. The molecule has 0 spiro atoms. The number of rotatable bonds is 4. The lowest BCUT2D eigenvalue weighted by Crippen LogP contribution is -2.30. The van der Waals surface area contributed by atoms with Gasteiger partial charge in [0.05, 0.1) is 22.5 Å². The van der Waals surface area contributed by atoms with Crippen LogP contribution in [-0.2, 0) is 0 Å². The normalized spacial score (nSPS) is 19.2. The van der Waals surface area contributed by atoms with Gasteiger partial charge in [-0.15, -0.1) is 0 Å². The lowest BCUT2D eigenvalue weighted by atomic mass is 10.1. The maximum absolute atomic E-state index is 15.5. The van der Waals surface area contributed by atoms with Crippen molar-refractivity contribution in [2.45, 2.75) is 25.4 Å². The van der Waals surface area contributed by atoms with E-state index in [1.165, 1.54) is 12.5 Å². The number of pyridine rings is 1. The van der Waals surface area contributed by atoms with Gasteiger partial charge in [-0.1, -0.05) is 12.1 Å². The fraction of sp³-hybridized carbons (Fsp3) is 0.280. The van der Waals surface area contributed by atoms with Crippen LogP contribution in [0.5, 0.6) is 5.75 Å². The summed E-state index contributed by atoms with van der Waals surface area (Å²) in [7, 11) is 0. The van der Waals surface area contributed by atoms with E-state index < -0.39 is 17.2 Å². The van der Waals surface area contributed by atoms with Gasteiger partial charge in [-0.3, -0.25) is 4.79 Å². The van der Waals surface area contributed by atoms with Crippen LogP contribution >= 0.6 is 0 Å². The van der Waals surface area contributed by atoms with Crippen LogP contribution in [0.25, 0.3) is 21.8 Å². The fourth-order valence-electron chi connectivity index (χ4n) is 5.05. The molecule has 0 bridgehead atoms. The first-order valence-corrected chi connectivity index (χ1v) is 11.4. The van der Waals surface area contributed by atoms with Gasteiger partial charge in [0, 0.05) is 30.7 Å². The molecule has 0 saturated carbocycles. The molecule has 2 atom stereocenters. The SMILES string of the molecule is C[C@H]1COc2c(N3CC[C@H](Nc4ncnc5ccccc45)C3)c(F)cc3c(=O)c(C(=O)O)cn1c23. The summed E-state index contributed by atoms with van der Waals surface area (Å²) in [6.07, 6.45) is 3.60. The lowest BCUT2D eigenvalue weighted by molar-refractivity contribution is 0.0694. The van der Waals surface area contributed by atoms with Crippen LogP contribution in [0.15, 0.2) is 47.7 Å². The number of ether oxygens (including phenoxy) is 1. The van der Waals surface area contributed by atoms with Crippen molar-refractivity contribution in [1.82, 2.24) is 14.5 Å². The summed E-state index contributed by atoms with van der Waals surface area (Å²) in [4.78, 5) is 35.0. The van der Waals surface area contributed by atoms with Crippen molar-refractivity contribution in [3.05, 3.63) is 64.5 Å². The number of benzene rings is 2. The molecular formula is C25H22FN5O4.